The van der Waals surface area contributed by atoms with Crippen molar-refractivity contribution in [1.82, 2.24) is 10.6 Å². The van der Waals surface area contributed by atoms with Gasteiger partial charge < -0.3 is 16.0 Å². The van der Waals surface area contributed by atoms with Gasteiger partial charge in [0.15, 0.2) is 0 Å². The van der Waals surface area contributed by atoms with Crippen LogP contribution in [0.4, 0.5) is 18.9 Å². The molecule has 2 amide bonds. The summed E-state index contributed by atoms with van der Waals surface area (Å²) in [6.07, 6.45) is -3.76. The van der Waals surface area contributed by atoms with Gasteiger partial charge >= 0.3 is 6.18 Å². The summed E-state index contributed by atoms with van der Waals surface area (Å²) in [6, 6.07) is 14.2. The molecular formula is C20H22F3N3O2. The van der Waals surface area contributed by atoms with Gasteiger partial charge in [-0.25, -0.2) is 0 Å². The number of amides is 2. The number of halogens is 3. The van der Waals surface area contributed by atoms with Crippen LogP contribution in [0.15, 0.2) is 48.5 Å². The largest absolute Gasteiger partial charge is 0.405 e. The first-order valence-corrected chi connectivity index (χ1v) is 8.75. The van der Waals surface area contributed by atoms with Crippen LogP contribution >= 0.6 is 0 Å². The average Bonchev–Trinajstić information content (AvgIpc) is 2.65. The van der Waals surface area contributed by atoms with Crippen LogP contribution in [0.25, 0.3) is 0 Å². The zero-order valence-corrected chi connectivity index (χ0v) is 15.4. The summed E-state index contributed by atoms with van der Waals surface area (Å²) in [5, 5.41) is 7.53. The summed E-state index contributed by atoms with van der Waals surface area (Å²) >= 11 is 0. The highest BCUT2D eigenvalue weighted by molar-refractivity contribution is 5.95. The lowest BCUT2D eigenvalue weighted by Crippen LogP contribution is -2.34. The molecule has 0 unspecified atom stereocenters. The Hall–Kier alpha value is -3.03. The van der Waals surface area contributed by atoms with E-state index in [0.717, 1.165) is 11.1 Å². The van der Waals surface area contributed by atoms with Crippen LogP contribution in [0, 0.1) is 6.92 Å². The Kier molecular flexibility index (Phi) is 7.43. The zero-order chi connectivity index (χ0) is 20.6. The summed E-state index contributed by atoms with van der Waals surface area (Å²) in [4.78, 5) is 23.8. The summed E-state index contributed by atoms with van der Waals surface area (Å²) in [5.74, 6) is -1.05. The summed E-state index contributed by atoms with van der Waals surface area (Å²) < 4.78 is 36.7. The molecule has 0 aromatic heterocycles. The van der Waals surface area contributed by atoms with E-state index in [9.17, 15) is 22.8 Å². The molecule has 0 aliphatic heterocycles. The van der Waals surface area contributed by atoms with Gasteiger partial charge in [0, 0.05) is 17.8 Å². The minimum Gasteiger partial charge on any atom is -0.376 e. The van der Waals surface area contributed by atoms with Gasteiger partial charge in [0.25, 0.3) is 5.91 Å². The standard InChI is InChI=1S/C20H22F3N3O2/c1-14-7-8-16(19(28)26-13-20(21,22)23)11-17(14)25-12-18(27)24-10-9-15-5-3-2-4-6-15/h2-8,11,25H,9-10,12-13H2,1H3,(H,24,27)(H,26,28). The van der Waals surface area contributed by atoms with E-state index in [1.807, 2.05) is 35.6 Å². The Bertz CT molecular complexity index is 808. The first kappa shape index (κ1) is 21.3. The first-order chi connectivity index (χ1) is 13.2. The second-order valence-corrected chi connectivity index (χ2v) is 6.27. The van der Waals surface area contributed by atoms with Crippen molar-refractivity contribution in [3.8, 4) is 0 Å². The molecule has 2 rings (SSSR count). The predicted molar refractivity (Wildman–Crippen MR) is 101 cm³/mol. The number of aryl methyl sites for hydroxylation is 1. The van der Waals surface area contributed by atoms with Gasteiger partial charge in [0.05, 0.1) is 6.54 Å². The normalized spacial score (nSPS) is 11.0. The van der Waals surface area contributed by atoms with Crippen LogP contribution < -0.4 is 16.0 Å². The van der Waals surface area contributed by atoms with Crippen LogP contribution in [0.1, 0.15) is 21.5 Å². The van der Waals surface area contributed by atoms with E-state index in [0.29, 0.717) is 18.7 Å². The fourth-order valence-electron chi connectivity index (χ4n) is 2.47. The van der Waals surface area contributed by atoms with Crippen molar-refractivity contribution in [2.75, 3.05) is 25.0 Å². The maximum Gasteiger partial charge on any atom is 0.405 e. The number of hydrogen-bond acceptors (Lipinski definition) is 3. The van der Waals surface area contributed by atoms with E-state index in [1.165, 1.54) is 12.1 Å². The number of carbonyl (C=O) groups is 2. The Morgan fingerprint density at radius 2 is 1.71 bits per heavy atom. The van der Waals surface area contributed by atoms with Crippen molar-refractivity contribution < 1.29 is 22.8 Å². The van der Waals surface area contributed by atoms with Crippen molar-refractivity contribution >= 4 is 17.5 Å². The molecule has 0 saturated carbocycles. The second-order valence-electron chi connectivity index (χ2n) is 6.27. The SMILES string of the molecule is Cc1ccc(C(=O)NCC(F)(F)F)cc1NCC(=O)NCCc1ccccc1. The lowest BCUT2D eigenvalue weighted by molar-refractivity contribution is -0.123. The van der Waals surface area contributed by atoms with E-state index >= 15 is 0 Å². The fraction of sp³-hybridized carbons (Fsp3) is 0.300. The molecule has 0 fully saturated rings. The Morgan fingerprint density at radius 1 is 1.00 bits per heavy atom. The molecular weight excluding hydrogens is 371 g/mol. The smallest absolute Gasteiger partial charge is 0.376 e. The number of rotatable bonds is 8. The van der Waals surface area contributed by atoms with Gasteiger partial charge in [-0.1, -0.05) is 36.4 Å². The molecule has 0 spiro atoms. The molecule has 3 N–H and O–H groups in total. The van der Waals surface area contributed by atoms with Crippen molar-refractivity contribution in [3.63, 3.8) is 0 Å². The number of nitrogens with one attached hydrogen (secondary N) is 3. The lowest BCUT2D eigenvalue weighted by Gasteiger charge is -2.13. The van der Waals surface area contributed by atoms with Gasteiger partial charge in [-0.15, -0.1) is 0 Å². The third-order valence-electron chi connectivity index (χ3n) is 3.97. The second kappa shape index (κ2) is 9.77. The van der Waals surface area contributed by atoms with Gasteiger partial charge in [-0.05, 0) is 36.6 Å². The predicted octanol–water partition coefficient (Wildman–Crippen LogP) is 3.06. The zero-order valence-electron chi connectivity index (χ0n) is 15.4. The van der Waals surface area contributed by atoms with Crippen molar-refractivity contribution in [1.29, 1.82) is 0 Å². The van der Waals surface area contributed by atoms with Crippen molar-refractivity contribution in [3.05, 3.63) is 65.2 Å². The molecule has 2 aromatic rings. The van der Waals surface area contributed by atoms with E-state index < -0.39 is 18.6 Å². The molecule has 8 heteroatoms. The number of carbonyl (C=O) groups excluding carboxylic acids is 2. The van der Waals surface area contributed by atoms with Gasteiger partial charge in [0.1, 0.15) is 6.54 Å². The third-order valence-corrected chi connectivity index (χ3v) is 3.97. The molecule has 0 bridgehead atoms. The first-order valence-electron chi connectivity index (χ1n) is 8.75. The van der Waals surface area contributed by atoms with E-state index in [4.69, 9.17) is 0 Å². The number of alkyl halides is 3. The van der Waals surface area contributed by atoms with Crippen LogP contribution in [-0.4, -0.2) is 37.6 Å². The number of hydrogen-bond donors (Lipinski definition) is 3. The number of benzene rings is 2. The average molecular weight is 393 g/mol. The molecule has 0 aliphatic carbocycles. The molecule has 5 nitrogen and oxygen atoms in total. The van der Waals surface area contributed by atoms with E-state index in [1.54, 1.807) is 13.0 Å². The highest BCUT2D eigenvalue weighted by Gasteiger charge is 2.27. The summed E-state index contributed by atoms with van der Waals surface area (Å²) in [6.45, 7) is 0.853. The van der Waals surface area contributed by atoms with Crippen LogP contribution in [-0.2, 0) is 11.2 Å². The lowest BCUT2D eigenvalue weighted by atomic mass is 10.1. The van der Waals surface area contributed by atoms with Crippen LogP contribution in [0.3, 0.4) is 0 Å². The van der Waals surface area contributed by atoms with Crippen molar-refractivity contribution in [2.45, 2.75) is 19.5 Å². The summed E-state index contributed by atoms with van der Waals surface area (Å²) in [5.41, 5.74) is 2.48. The third kappa shape index (κ3) is 7.30. The van der Waals surface area contributed by atoms with Crippen LogP contribution in [0.2, 0.25) is 0 Å². The Balaban J connectivity index is 1.84. The summed E-state index contributed by atoms with van der Waals surface area (Å²) in [7, 11) is 0. The van der Waals surface area contributed by atoms with E-state index in [-0.39, 0.29) is 18.0 Å². The molecule has 28 heavy (non-hydrogen) atoms. The minimum atomic E-state index is -4.47. The highest BCUT2D eigenvalue weighted by Crippen LogP contribution is 2.17. The Labute approximate surface area is 161 Å². The molecule has 0 aliphatic rings. The molecule has 0 atom stereocenters. The maximum absolute atomic E-state index is 12.2. The topological polar surface area (TPSA) is 70.2 Å². The molecule has 150 valence electrons. The molecule has 2 aromatic carbocycles. The monoisotopic (exact) mass is 393 g/mol. The molecule has 0 saturated heterocycles. The van der Waals surface area contributed by atoms with E-state index in [2.05, 4.69) is 10.6 Å². The Morgan fingerprint density at radius 3 is 2.39 bits per heavy atom. The highest BCUT2D eigenvalue weighted by atomic mass is 19.4. The van der Waals surface area contributed by atoms with Gasteiger partial charge in [0.2, 0.25) is 5.91 Å². The minimum absolute atomic E-state index is 0.0107. The van der Waals surface area contributed by atoms with Crippen LogP contribution in [0.5, 0.6) is 0 Å². The van der Waals surface area contributed by atoms with Gasteiger partial charge in [-0.3, -0.25) is 9.59 Å². The van der Waals surface area contributed by atoms with Crippen molar-refractivity contribution in [2.24, 2.45) is 0 Å². The molecule has 0 radical (unpaired) electrons. The fourth-order valence-corrected chi connectivity index (χ4v) is 2.47. The number of anilines is 1. The maximum atomic E-state index is 12.2. The van der Waals surface area contributed by atoms with Gasteiger partial charge in [-0.2, -0.15) is 13.2 Å². The molecule has 0 heterocycles. The quantitative estimate of drug-likeness (QED) is 0.646.